The summed E-state index contributed by atoms with van der Waals surface area (Å²) >= 11 is 0. The van der Waals surface area contributed by atoms with Gasteiger partial charge in [0.1, 0.15) is 0 Å². The van der Waals surface area contributed by atoms with Crippen LogP contribution in [-0.4, -0.2) is 32.7 Å². The van der Waals surface area contributed by atoms with Gasteiger partial charge in [-0.2, -0.15) is 4.98 Å². The van der Waals surface area contributed by atoms with Crippen molar-refractivity contribution in [3.05, 3.63) is 36.3 Å². The number of nitrogens with zero attached hydrogens (tertiary/aromatic N) is 4. The van der Waals surface area contributed by atoms with Crippen molar-refractivity contribution in [1.29, 1.82) is 0 Å². The Morgan fingerprint density at radius 2 is 2.12 bits per heavy atom. The normalized spacial score (nSPS) is 10.9. The van der Waals surface area contributed by atoms with Crippen molar-refractivity contribution in [3.63, 3.8) is 0 Å². The van der Waals surface area contributed by atoms with E-state index in [1.165, 1.54) is 11.6 Å². The molecule has 0 unspecified atom stereocenters. The molecule has 0 N–H and O–H groups in total. The lowest BCUT2D eigenvalue weighted by atomic mass is 10.2. The molecule has 3 rings (SSSR count). The van der Waals surface area contributed by atoms with Crippen molar-refractivity contribution in [3.8, 4) is 0 Å². The zero-order valence-corrected chi connectivity index (χ0v) is 8.99. The Kier molecular flexibility index (Phi) is 2.01. The largest absolute Gasteiger partial charge is 0.463 e. The molecule has 2 heterocycles. The minimum atomic E-state index is -0.570. The maximum Gasteiger partial charge on any atom is 0.378 e. The number of ether oxygens (including phenoxy) is 1. The Balaban J connectivity index is 2.28. The molecular formula is C11H8N4O2. The van der Waals surface area contributed by atoms with E-state index in [0.717, 1.165) is 10.9 Å². The molecule has 2 aromatic heterocycles. The van der Waals surface area contributed by atoms with Gasteiger partial charge in [0, 0.05) is 11.6 Å². The van der Waals surface area contributed by atoms with Gasteiger partial charge in [0.2, 0.25) is 0 Å². The number of fused-ring (bicyclic) bond motifs is 2. The fraction of sp³-hybridized carbons (Fsp3) is 0.0909. The molecule has 0 aliphatic rings. The average Bonchev–Trinajstić information content (AvgIpc) is 2.77. The molecule has 0 atom stereocenters. The number of hydrogen-bond donors (Lipinski definition) is 0. The highest BCUT2D eigenvalue weighted by Crippen LogP contribution is 2.11. The van der Waals surface area contributed by atoms with Crippen LogP contribution in [0.5, 0.6) is 0 Å². The Morgan fingerprint density at radius 3 is 2.94 bits per heavy atom. The Labute approximate surface area is 95.9 Å². The lowest BCUT2D eigenvalue weighted by Gasteiger charge is -1.95. The van der Waals surface area contributed by atoms with Crippen molar-refractivity contribution >= 4 is 22.6 Å². The van der Waals surface area contributed by atoms with Gasteiger partial charge in [-0.15, -0.1) is 5.10 Å². The summed E-state index contributed by atoms with van der Waals surface area (Å²) in [4.78, 5) is 19.6. The predicted octanol–water partition coefficient (Wildman–Crippen LogP) is 1.06. The monoisotopic (exact) mass is 228 g/mol. The zero-order valence-electron chi connectivity index (χ0n) is 8.99. The number of methoxy groups -OCH3 is 1. The highest BCUT2D eigenvalue weighted by Gasteiger charge is 2.13. The quantitative estimate of drug-likeness (QED) is 0.582. The molecule has 0 radical (unpaired) electrons. The molecule has 0 aliphatic carbocycles. The third-order valence-corrected chi connectivity index (χ3v) is 2.40. The molecule has 17 heavy (non-hydrogen) atoms. The van der Waals surface area contributed by atoms with Crippen molar-refractivity contribution in [1.82, 2.24) is 19.6 Å². The number of esters is 1. The third-order valence-electron chi connectivity index (χ3n) is 2.40. The topological polar surface area (TPSA) is 69.4 Å². The maximum atomic E-state index is 11.3. The van der Waals surface area contributed by atoms with Crippen molar-refractivity contribution in [2.75, 3.05) is 7.11 Å². The van der Waals surface area contributed by atoms with Gasteiger partial charge in [-0.3, -0.25) is 0 Å². The average molecular weight is 228 g/mol. The van der Waals surface area contributed by atoms with Crippen LogP contribution < -0.4 is 0 Å². The molecule has 1 aromatic carbocycles. The van der Waals surface area contributed by atoms with E-state index in [1.807, 2.05) is 24.3 Å². The molecule has 0 fully saturated rings. The summed E-state index contributed by atoms with van der Waals surface area (Å²) < 4.78 is 6.03. The van der Waals surface area contributed by atoms with Crippen molar-refractivity contribution in [2.24, 2.45) is 0 Å². The van der Waals surface area contributed by atoms with Crippen LogP contribution in [0.2, 0.25) is 0 Å². The number of rotatable bonds is 1. The second-order valence-electron chi connectivity index (χ2n) is 3.47. The zero-order chi connectivity index (χ0) is 11.8. The molecule has 3 aromatic rings. The summed E-state index contributed by atoms with van der Waals surface area (Å²) in [5, 5.41) is 4.93. The number of hydrogen-bond acceptors (Lipinski definition) is 5. The number of aromatic nitrogens is 4. The van der Waals surface area contributed by atoms with Gasteiger partial charge in [-0.25, -0.2) is 14.3 Å². The summed E-state index contributed by atoms with van der Waals surface area (Å²) in [7, 11) is 1.29. The van der Waals surface area contributed by atoms with Crippen LogP contribution in [0.3, 0.4) is 0 Å². The van der Waals surface area contributed by atoms with E-state index in [9.17, 15) is 4.79 Å². The van der Waals surface area contributed by atoms with Crippen molar-refractivity contribution < 1.29 is 9.53 Å². The minimum absolute atomic E-state index is 0.00954. The molecular weight excluding hydrogens is 220 g/mol. The molecule has 0 spiro atoms. The van der Waals surface area contributed by atoms with Gasteiger partial charge in [0.05, 0.1) is 12.6 Å². The van der Waals surface area contributed by atoms with Crippen LogP contribution in [0, 0.1) is 0 Å². The Morgan fingerprint density at radius 1 is 1.29 bits per heavy atom. The lowest BCUT2D eigenvalue weighted by Crippen LogP contribution is -2.03. The van der Waals surface area contributed by atoms with E-state index >= 15 is 0 Å². The Bertz CT molecular complexity index is 667. The fourth-order valence-corrected chi connectivity index (χ4v) is 1.59. The predicted molar refractivity (Wildman–Crippen MR) is 59.6 cm³/mol. The number of para-hydroxylation sites is 1. The molecule has 0 saturated carbocycles. The second kappa shape index (κ2) is 3.51. The lowest BCUT2D eigenvalue weighted by molar-refractivity contribution is 0.0587. The van der Waals surface area contributed by atoms with Crippen LogP contribution in [0.4, 0.5) is 0 Å². The molecule has 0 bridgehead atoms. The highest BCUT2D eigenvalue weighted by molar-refractivity contribution is 5.86. The molecule has 84 valence electrons. The first-order chi connectivity index (χ1) is 8.28. The van der Waals surface area contributed by atoms with Gasteiger partial charge < -0.3 is 4.74 Å². The number of benzene rings is 1. The van der Waals surface area contributed by atoms with Gasteiger partial charge in [-0.05, 0) is 6.07 Å². The van der Waals surface area contributed by atoms with Gasteiger partial charge in [0.15, 0.2) is 0 Å². The van der Waals surface area contributed by atoms with Crippen LogP contribution in [-0.2, 0) is 4.74 Å². The van der Waals surface area contributed by atoms with E-state index < -0.39 is 5.97 Å². The van der Waals surface area contributed by atoms with Gasteiger partial charge in [0.25, 0.3) is 11.6 Å². The van der Waals surface area contributed by atoms with Crippen LogP contribution in [0.25, 0.3) is 16.7 Å². The van der Waals surface area contributed by atoms with E-state index in [4.69, 9.17) is 0 Å². The molecule has 0 aliphatic heterocycles. The Hall–Kier alpha value is -2.50. The summed E-state index contributed by atoms with van der Waals surface area (Å²) in [5.74, 6) is -0.182. The summed E-state index contributed by atoms with van der Waals surface area (Å²) in [6, 6.07) is 7.60. The smallest absolute Gasteiger partial charge is 0.378 e. The molecule has 6 heteroatoms. The first kappa shape index (κ1) is 9.71. The van der Waals surface area contributed by atoms with E-state index in [2.05, 4.69) is 19.8 Å². The number of carbonyl (C=O) groups excluding carboxylic acids is 1. The summed E-state index contributed by atoms with van der Waals surface area (Å²) in [6.45, 7) is 0. The van der Waals surface area contributed by atoms with Crippen LogP contribution in [0.15, 0.2) is 30.5 Å². The first-order valence-corrected chi connectivity index (χ1v) is 4.98. The third kappa shape index (κ3) is 1.50. The highest BCUT2D eigenvalue weighted by atomic mass is 16.5. The second-order valence-corrected chi connectivity index (χ2v) is 3.47. The van der Waals surface area contributed by atoms with E-state index in [1.54, 1.807) is 6.20 Å². The first-order valence-electron chi connectivity index (χ1n) is 4.98. The van der Waals surface area contributed by atoms with Crippen molar-refractivity contribution in [2.45, 2.75) is 0 Å². The van der Waals surface area contributed by atoms with Crippen LogP contribution >= 0.6 is 0 Å². The summed E-state index contributed by atoms with van der Waals surface area (Å²) in [5.41, 5.74) is 0.809. The summed E-state index contributed by atoms with van der Waals surface area (Å²) in [6.07, 6.45) is 1.77. The standard InChI is InChI=1S/C11H8N4O2/c1-17-10(16)9-13-11-12-8-5-3-2-4-7(8)6-15(11)14-9/h2-6H,1H3. The van der Waals surface area contributed by atoms with Crippen LogP contribution in [0.1, 0.15) is 10.6 Å². The molecule has 0 amide bonds. The van der Waals surface area contributed by atoms with E-state index in [0.29, 0.717) is 5.78 Å². The van der Waals surface area contributed by atoms with E-state index in [-0.39, 0.29) is 5.82 Å². The fourth-order valence-electron chi connectivity index (χ4n) is 1.59. The SMILES string of the molecule is COC(=O)c1nc2nc3ccccc3cn2n1. The molecule has 0 saturated heterocycles. The van der Waals surface area contributed by atoms with Gasteiger partial charge >= 0.3 is 5.97 Å². The maximum absolute atomic E-state index is 11.3. The van der Waals surface area contributed by atoms with Gasteiger partial charge in [-0.1, -0.05) is 18.2 Å². The molecule has 6 nitrogen and oxygen atoms in total. The number of carbonyl (C=O) groups is 1. The minimum Gasteiger partial charge on any atom is -0.463 e.